The molecule has 0 spiro atoms. The molecule has 1 rings (SSSR count). The number of hydrogen-bond acceptors (Lipinski definition) is 2. The van der Waals surface area contributed by atoms with E-state index in [0.717, 1.165) is 32.4 Å². The number of ether oxygens (including phenoxy) is 1. The Morgan fingerprint density at radius 2 is 2.08 bits per heavy atom. The number of hydrogen-bond donors (Lipinski definition) is 0. The molecule has 0 aromatic heterocycles. The zero-order chi connectivity index (χ0) is 8.81. The van der Waals surface area contributed by atoms with E-state index in [0.29, 0.717) is 6.61 Å². The van der Waals surface area contributed by atoms with Crippen LogP contribution in [-0.2, 0) is 9.53 Å². The van der Waals surface area contributed by atoms with E-state index in [-0.39, 0.29) is 12.5 Å². The minimum atomic E-state index is 0.154. The summed E-state index contributed by atoms with van der Waals surface area (Å²) in [5.74, 6) is 0.154. The maximum atomic E-state index is 11.3. The van der Waals surface area contributed by atoms with Gasteiger partial charge in [-0.2, -0.15) is 0 Å². The molecule has 1 heterocycles. The highest BCUT2D eigenvalue weighted by Crippen LogP contribution is 2.07. The third kappa shape index (κ3) is 2.81. The van der Waals surface area contributed by atoms with Gasteiger partial charge in [0.2, 0.25) is 5.91 Å². The van der Waals surface area contributed by atoms with Crippen LogP contribution >= 0.6 is 0 Å². The van der Waals surface area contributed by atoms with Crippen molar-refractivity contribution < 1.29 is 9.53 Å². The van der Waals surface area contributed by atoms with Crippen molar-refractivity contribution in [1.29, 1.82) is 0 Å². The van der Waals surface area contributed by atoms with E-state index in [2.05, 4.69) is 0 Å². The Morgan fingerprint density at radius 1 is 1.42 bits per heavy atom. The van der Waals surface area contributed by atoms with Crippen molar-refractivity contribution in [3.05, 3.63) is 0 Å². The molecule has 0 atom stereocenters. The Kier molecular flexibility index (Phi) is 4.08. The van der Waals surface area contributed by atoms with E-state index in [1.807, 2.05) is 11.8 Å². The van der Waals surface area contributed by atoms with Crippen LogP contribution < -0.4 is 0 Å². The summed E-state index contributed by atoms with van der Waals surface area (Å²) in [5.41, 5.74) is 0. The van der Waals surface area contributed by atoms with Crippen LogP contribution in [0.2, 0.25) is 0 Å². The van der Waals surface area contributed by atoms with Gasteiger partial charge >= 0.3 is 0 Å². The summed E-state index contributed by atoms with van der Waals surface area (Å²) in [6.07, 6.45) is 3.28. The maximum absolute atomic E-state index is 11.3. The van der Waals surface area contributed by atoms with E-state index in [1.54, 1.807) is 0 Å². The van der Waals surface area contributed by atoms with Crippen LogP contribution in [-0.4, -0.2) is 37.1 Å². The summed E-state index contributed by atoms with van der Waals surface area (Å²) in [7, 11) is 0. The molecular formula is C9H17NO2. The summed E-state index contributed by atoms with van der Waals surface area (Å²) >= 11 is 0. The van der Waals surface area contributed by atoms with E-state index in [4.69, 9.17) is 4.74 Å². The third-order valence-corrected chi connectivity index (χ3v) is 2.03. The largest absolute Gasteiger partial charge is 0.372 e. The zero-order valence-electron chi connectivity index (χ0n) is 7.71. The fourth-order valence-corrected chi connectivity index (χ4v) is 1.36. The molecule has 0 bridgehead atoms. The predicted molar refractivity (Wildman–Crippen MR) is 46.9 cm³/mol. The van der Waals surface area contributed by atoms with Gasteiger partial charge in [0, 0.05) is 19.7 Å². The molecule has 1 saturated heterocycles. The van der Waals surface area contributed by atoms with Gasteiger partial charge in [-0.25, -0.2) is 0 Å². The van der Waals surface area contributed by atoms with Crippen molar-refractivity contribution >= 4 is 5.91 Å². The van der Waals surface area contributed by atoms with Gasteiger partial charge < -0.3 is 9.64 Å². The summed E-state index contributed by atoms with van der Waals surface area (Å²) in [4.78, 5) is 13.2. The lowest BCUT2D eigenvalue weighted by Gasteiger charge is -2.14. The SMILES string of the molecule is CCCOCC(=O)N1CCCC1. The van der Waals surface area contributed by atoms with Crippen molar-refractivity contribution in [2.75, 3.05) is 26.3 Å². The molecule has 0 aromatic carbocycles. The fourth-order valence-electron chi connectivity index (χ4n) is 1.36. The van der Waals surface area contributed by atoms with E-state index in [9.17, 15) is 4.79 Å². The standard InChI is InChI=1S/C9H17NO2/c1-2-7-12-8-9(11)10-5-3-4-6-10/h2-8H2,1H3. The molecular weight excluding hydrogens is 154 g/mol. The van der Waals surface area contributed by atoms with Gasteiger partial charge in [-0.3, -0.25) is 4.79 Å². The molecule has 0 unspecified atom stereocenters. The quantitative estimate of drug-likeness (QED) is 0.591. The number of amides is 1. The van der Waals surface area contributed by atoms with Crippen molar-refractivity contribution in [3.63, 3.8) is 0 Å². The first-order valence-electron chi connectivity index (χ1n) is 4.70. The zero-order valence-corrected chi connectivity index (χ0v) is 7.71. The van der Waals surface area contributed by atoms with Crippen molar-refractivity contribution in [1.82, 2.24) is 4.90 Å². The Balaban J connectivity index is 2.10. The predicted octanol–water partition coefficient (Wildman–Crippen LogP) is 1.04. The average molecular weight is 171 g/mol. The average Bonchev–Trinajstić information content (AvgIpc) is 2.56. The highest BCUT2D eigenvalue weighted by molar-refractivity contribution is 5.77. The Bertz CT molecular complexity index is 141. The molecule has 12 heavy (non-hydrogen) atoms. The van der Waals surface area contributed by atoms with Crippen molar-refractivity contribution in [2.24, 2.45) is 0 Å². The topological polar surface area (TPSA) is 29.5 Å². The van der Waals surface area contributed by atoms with Crippen LogP contribution in [0.4, 0.5) is 0 Å². The third-order valence-electron chi connectivity index (χ3n) is 2.03. The second-order valence-electron chi connectivity index (χ2n) is 3.14. The van der Waals surface area contributed by atoms with Gasteiger partial charge in [-0.15, -0.1) is 0 Å². The van der Waals surface area contributed by atoms with E-state index < -0.39 is 0 Å². The van der Waals surface area contributed by atoms with Crippen LogP contribution in [0.25, 0.3) is 0 Å². The number of carbonyl (C=O) groups is 1. The minimum absolute atomic E-state index is 0.154. The van der Waals surface area contributed by atoms with Crippen molar-refractivity contribution in [3.8, 4) is 0 Å². The summed E-state index contributed by atoms with van der Waals surface area (Å²) < 4.78 is 5.17. The molecule has 1 aliphatic heterocycles. The first-order chi connectivity index (χ1) is 5.84. The molecule has 0 radical (unpaired) electrons. The lowest BCUT2D eigenvalue weighted by atomic mass is 10.4. The number of nitrogens with zero attached hydrogens (tertiary/aromatic N) is 1. The van der Waals surface area contributed by atoms with E-state index in [1.165, 1.54) is 0 Å². The molecule has 70 valence electrons. The monoisotopic (exact) mass is 171 g/mol. The summed E-state index contributed by atoms with van der Waals surface area (Å²) in [5, 5.41) is 0. The van der Waals surface area contributed by atoms with Crippen LogP contribution in [0.15, 0.2) is 0 Å². The number of rotatable bonds is 4. The molecule has 1 aliphatic rings. The molecule has 0 N–H and O–H groups in total. The molecule has 0 saturated carbocycles. The Labute approximate surface area is 73.7 Å². The molecule has 3 nitrogen and oxygen atoms in total. The normalized spacial score (nSPS) is 16.9. The van der Waals surface area contributed by atoms with Gasteiger partial charge in [0.05, 0.1) is 0 Å². The summed E-state index contributed by atoms with van der Waals surface area (Å²) in [6.45, 7) is 4.86. The molecule has 0 aliphatic carbocycles. The molecule has 0 aromatic rings. The Hall–Kier alpha value is -0.570. The summed E-state index contributed by atoms with van der Waals surface area (Å²) in [6, 6.07) is 0. The first kappa shape index (κ1) is 9.52. The highest BCUT2D eigenvalue weighted by Gasteiger charge is 2.17. The van der Waals surface area contributed by atoms with Crippen LogP contribution in [0.5, 0.6) is 0 Å². The first-order valence-corrected chi connectivity index (χ1v) is 4.70. The minimum Gasteiger partial charge on any atom is -0.372 e. The maximum Gasteiger partial charge on any atom is 0.248 e. The Morgan fingerprint density at radius 3 is 2.67 bits per heavy atom. The van der Waals surface area contributed by atoms with Crippen LogP contribution in [0.3, 0.4) is 0 Å². The van der Waals surface area contributed by atoms with Crippen LogP contribution in [0, 0.1) is 0 Å². The molecule has 3 heteroatoms. The van der Waals surface area contributed by atoms with Crippen molar-refractivity contribution in [2.45, 2.75) is 26.2 Å². The van der Waals surface area contributed by atoms with Gasteiger partial charge in [-0.05, 0) is 19.3 Å². The van der Waals surface area contributed by atoms with Gasteiger partial charge in [-0.1, -0.05) is 6.92 Å². The van der Waals surface area contributed by atoms with Gasteiger partial charge in [0.15, 0.2) is 0 Å². The second-order valence-corrected chi connectivity index (χ2v) is 3.14. The lowest BCUT2D eigenvalue weighted by molar-refractivity contribution is -0.135. The van der Waals surface area contributed by atoms with Crippen LogP contribution in [0.1, 0.15) is 26.2 Å². The van der Waals surface area contributed by atoms with E-state index >= 15 is 0 Å². The fraction of sp³-hybridized carbons (Fsp3) is 0.889. The second kappa shape index (κ2) is 5.14. The lowest BCUT2D eigenvalue weighted by Crippen LogP contribution is -2.31. The molecule has 1 amide bonds. The number of carbonyl (C=O) groups excluding carboxylic acids is 1. The highest BCUT2D eigenvalue weighted by atomic mass is 16.5. The molecule has 1 fully saturated rings. The van der Waals surface area contributed by atoms with Gasteiger partial charge in [0.25, 0.3) is 0 Å². The number of likely N-dealkylation sites (tertiary alicyclic amines) is 1. The van der Waals surface area contributed by atoms with Gasteiger partial charge in [0.1, 0.15) is 6.61 Å². The smallest absolute Gasteiger partial charge is 0.248 e.